The lowest BCUT2D eigenvalue weighted by Gasteiger charge is -2.22. The monoisotopic (exact) mass is 407 g/mol. The van der Waals surface area contributed by atoms with E-state index >= 15 is 0 Å². The van der Waals surface area contributed by atoms with Gasteiger partial charge >= 0.3 is 0 Å². The largest absolute Gasteiger partial charge is 0.393 e. The van der Waals surface area contributed by atoms with Crippen LogP contribution in [0.3, 0.4) is 0 Å². The van der Waals surface area contributed by atoms with E-state index in [0.29, 0.717) is 12.8 Å². The molecular weight excluding hydrogens is 378 g/mol. The Labute approximate surface area is 160 Å². The fourth-order valence-electron chi connectivity index (χ4n) is 2.40. The van der Waals surface area contributed by atoms with Gasteiger partial charge in [-0.1, -0.05) is 64.5 Å². The summed E-state index contributed by atoms with van der Waals surface area (Å²) in [6.07, 6.45) is 0.580. The van der Waals surface area contributed by atoms with Crippen LogP contribution in [-0.2, 0) is 0 Å². The summed E-state index contributed by atoms with van der Waals surface area (Å²) in [4.78, 5) is 0. The van der Waals surface area contributed by atoms with Gasteiger partial charge < -0.3 is 15.5 Å². The Hall–Kier alpha value is -1.20. The van der Waals surface area contributed by atoms with Crippen molar-refractivity contribution in [3.63, 3.8) is 0 Å². The summed E-state index contributed by atoms with van der Waals surface area (Å²) < 4.78 is 1.07. The van der Waals surface area contributed by atoms with Gasteiger partial charge in [-0.25, -0.2) is 0 Å². The second-order valence-corrected chi connectivity index (χ2v) is 7.76. The van der Waals surface area contributed by atoms with Crippen molar-refractivity contribution in [2.75, 3.05) is 6.54 Å². The van der Waals surface area contributed by atoms with E-state index in [1.807, 2.05) is 48.5 Å². The summed E-state index contributed by atoms with van der Waals surface area (Å²) in [7, 11) is 0. The van der Waals surface area contributed by atoms with E-state index in [1.165, 1.54) is 5.56 Å². The van der Waals surface area contributed by atoms with Crippen molar-refractivity contribution in [1.29, 1.82) is 0 Å². The molecule has 3 N–H and O–H groups in total. The summed E-state index contributed by atoms with van der Waals surface area (Å²) in [5, 5.41) is 22.8. The van der Waals surface area contributed by atoms with Gasteiger partial charge in [0.05, 0.1) is 11.7 Å². The molecule has 0 saturated carbocycles. The Morgan fingerprint density at radius 3 is 1.92 bits per heavy atom. The lowest BCUT2D eigenvalue weighted by molar-refractivity contribution is 0.0159. The molecule has 4 heteroatoms. The van der Waals surface area contributed by atoms with Crippen LogP contribution in [0.2, 0.25) is 0 Å². The molecule has 0 amide bonds. The first-order valence-electron chi connectivity index (χ1n) is 8.67. The smallest absolute Gasteiger partial charge is 0.0616 e. The Morgan fingerprint density at radius 1 is 1.00 bits per heavy atom. The third-order valence-electron chi connectivity index (χ3n) is 3.70. The zero-order valence-corrected chi connectivity index (χ0v) is 16.9. The van der Waals surface area contributed by atoms with E-state index < -0.39 is 11.7 Å². The van der Waals surface area contributed by atoms with Gasteiger partial charge in [-0.15, -0.1) is 0 Å². The number of aliphatic hydroxyl groups excluding tert-OH is 1. The van der Waals surface area contributed by atoms with Gasteiger partial charge in [-0.3, -0.25) is 0 Å². The van der Waals surface area contributed by atoms with E-state index in [2.05, 4.69) is 40.3 Å². The molecule has 0 aliphatic carbocycles. The van der Waals surface area contributed by atoms with Crippen molar-refractivity contribution in [3.05, 3.63) is 70.7 Å². The highest BCUT2D eigenvalue weighted by atomic mass is 79.9. The second kappa shape index (κ2) is 11.4. The molecule has 0 bridgehead atoms. The first-order chi connectivity index (χ1) is 11.8. The van der Waals surface area contributed by atoms with Crippen molar-refractivity contribution < 1.29 is 10.2 Å². The van der Waals surface area contributed by atoms with Gasteiger partial charge in [0.1, 0.15) is 0 Å². The lowest BCUT2D eigenvalue weighted by Crippen LogP contribution is -2.29. The molecule has 0 spiro atoms. The van der Waals surface area contributed by atoms with E-state index in [9.17, 15) is 10.2 Å². The fourth-order valence-corrected chi connectivity index (χ4v) is 2.66. The molecule has 0 fully saturated rings. The Kier molecular flexibility index (Phi) is 9.98. The first kappa shape index (κ1) is 21.8. The summed E-state index contributed by atoms with van der Waals surface area (Å²) >= 11 is 3.42. The van der Waals surface area contributed by atoms with Gasteiger partial charge in [-0.2, -0.15) is 0 Å². The van der Waals surface area contributed by atoms with Crippen LogP contribution in [-0.4, -0.2) is 28.5 Å². The van der Waals surface area contributed by atoms with Crippen LogP contribution in [0.4, 0.5) is 0 Å². The van der Waals surface area contributed by atoms with Crippen molar-refractivity contribution in [3.8, 4) is 0 Å². The van der Waals surface area contributed by atoms with Crippen LogP contribution in [0.1, 0.15) is 45.2 Å². The maximum absolute atomic E-state index is 9.80. The number of halogens is 1. The molecule has 0 aromatic heterocycles. The molecule has 2 unspecified atom stereocenters. The van der Waals surface area contributed by atoms with Gasteiger partial charge in [0.25, 0.3) is 0 Å². The number of hydrogen-bond acceptors (Lipinski definition) is 3. The predicted molar refractivity (Wildman–Crippen MR) is 109 cm³/mol. The second-order valence-electron chi connectivity index (χ2n) is 6.84. The predicted octanol–water partition coefficient (Wildman–Crippen LogP) is 4.70. The van der Waals surface area contributed by atoms with Gasteiger partial charge in [-0.05, 0) is 51.4 Å². The number of aliphatic hydroxyl groups is 2. The summed E-state index contributed by atoms with van der Waals surface area (Å²) in [5.74, 6) is 0. The van der Waals surface area contributed by atoms with E-state index in [4.69, 9.17) is 0 Å². The Bertz CT molecular complexity index is 540. The molecule has 2 atom stereocenters. The number of benzene rings is 2. The van der Waals surface area contributed by atoms with Crippen LogP contribution in [0.5, 0.6) is 0 Å². The zero-order chi connectivity index (χ0) is 18.7. The van der Waals surface area contributed by atoms with Gasteiger partial charge in [0.2, 0.25) is 0 Å². The van der Waals surface area contributed by atoms with Crippen molar-refractivity contribution >= 4 is 15.9 Å². The van der Waals surface area contributed by atoms with E-state index in [0.717, 1.165) is 11.0 Å². The minimum atomic E-state index is -0.809. The highest BCUT2D eigenvalue weighted by molar-refractivity contribution is 9.10. The van der Waals surface area contributed by atoms with Crippen LogP contribution >= 0.6 is 15.9 Å². The highest BCUT2D eigenvalue weighted by Crippen LogP contribution is 2.17. The number of rotatable bonds is 7. The number of nitrogens with one attached hydrogen (secondary N) is 1. The molecule has 3 nitrogen and oxygen atoms in total. The minimum Gasteiger partial charge on any atom is -0.393 e. The SMILES string of the molecule is CC(NCCC(O)CC(C)(C)O)c1ccc(Br)cc1.c1ccccc1. The van der Waals surface area contributed by atoms with Crippen molar-refractivity contribution in [2.45, 2.75) is 51.4 Å². The molecule has 2 rings (SSSR count). The zero-order valence-electron chi connectivity index (χ0n) is 15.3. The third-order valence-corrected chi connectivity index (χ3v) is 4.23. The molecular formula is C21H30BrNO2. The summed E-state index contributed by atoms with van der Waals surface area (Å²) in [6.45, 7) is 6.27. The maximum Gasteiger partial charge on any atom is 0.0616 e. The highest BCUT2D eigenvalue weighted by Gasteiger charge is 2.18. The molecule has 0 aliphatic rings. The molecule has 25 heavy (non-hydrogen) atoms. The lowest BCUT2D eigenvalue weighted by atomic mass is 9.99. The van der Waals surface area contributed by atoms with Crippen LogP contribution in [0, 0.1) is 0 Å². The average molecular weight is 408 g/mol. The Morgan fingerprint density at radius 2 is 1.48 bits per heavy atom. The summed E-state index contributed by atoms with van der Waals surface area (Å²) in [5.41, 5.74) is 0.414. The quantitative estimate of drug-likeness (QED) is 0.623. The van der Waals surface area contributed by atoms with Gasteiger partial charge in [0.15, 0.2) is 0 Å². The van der Waals surface area contributed by atoms with Crippen molar-refractivity contribution in [2.24, 2.45) is 0 Å². The molecule has 0 radical (unpaired) electrons. The molecule has 2 aromatic rings. The molecule has 2 aromatic carbocycles. The summed E-state index contributed by atoms with van der Waals surface area (Å²) in [6, 6.07) is 20.5. The van der Waals surface area contributed by atoms with Crippen LogP contribution in [0.15, 0.2) is 65.1 Å². The Balaban J connectivity index is 0.000000435. The van der Waals surface area contributed by atoms with Crippen LogP contribution < -0.4 is 5.32 Å². The molecule has 0 aliphatic heterocycles. The minimum absolute atomic E-state index is 0.252. The van der Waals surface area contributed by atoms with Crippen LogP contribution in [0.25, 0.3) is 0 Å². The molecule has 0 saturated heterocycles. The average Bonchev–Trinajstić information content (AvgIpc) is 2.56. The van der Waals surface area contributed by atoms with E-state index in [1.54, 1.807) is 13.8 Å². The molecule has 138 valence electrons. The number of hydrogen-bond donors (Lipinski definition) is 3. The van der Waals surface area contributed by atoms with E-state index in [-0.39, 0.29) is 6.04 Å². The normalized spacial score (nSPS) is 13.5. The fraction of sp³-hybridized carbons (Fsp3) is 0.429. The molecule has 0 heterocycles. The standard InChI is InChI=1S/C15H24BrNO2.C6H6/c1-11(12-4-6-13(16)7-5-12)17-9-8-14(18)10-15(2,3)19;1-2-4-6-5-3-1/h4-7,11,14,17-19H,8-10H2,1-3H3;1-6H. The van der Waals surface area contributed by atoms with Crippen molar-refractivity contribution in [1.82, 2.24) is 5.32 Å². The van der Waals surface area contributed by atoms with Gasteiger partial charge in [0, 0.05) is 16.9 Å². The maximum atomic E-state index is 9.80. The third kappa shape index (κ3) is 11.1. The topological polar surface area (TPSA) is 52.5 Å². The first-order valence-corrected chi connectivity index (χ1v) is 9.46.